The molecule has 0 aliphatic carbocycles. The number of aromatic carboxylic acids is 1. The Morgan fingerprint density at radius 2 is 2.19 bits per heavy atom. The Kier molecular flexibility index (Phi) is 3.17. The molecule has 2 N–H and O–H groups in total. The van der Waals surface area contributed by atoms with Crippen molar-refractivity contribution in [1.29, 1.82) is 0 Å². The van der Waals surface area contributed by atoms with Gasteiger partial charge in [0.15, 0.2) is 0 Å². The number of nitrogens with zero attached hydrogens (tertiary/aromatic N) is 3. The first-order chi connectivity index (χ1) is 10.1. The number of H-pyrrole nitrogens is 1. The summed E-state index contributed by atoms with van der Waals surface area (Å²) < 4.78 is 0. The Hall–Kier alpha value is -2.70. The van der Waals surface area contributed by atoms with Crippen LogP contribution in [-0.2, 0) is 13.0 Å². The van der Waals surface area contributed by atoms with E-state index >= 15 is 0 Å². The summed E-state index contributed by atoms with van der Waals surface area (Å²) in [4.78, 5) is 29.2. The van der Waals surface area contributed by atoms with Crippen molar-refractivity contribution in [2.75, 3.05) is 6.54 Å². The van der Waals surface area contributed by atoms with Crippen molar-refractivity contribution < 1.29 is 14.7 Å². The van der Waals surface area contributed by atoms with Gasteiger partial charge in [-0.1, -0.05) is 12.1 Å². The minimum absolute atomic E-state index is 0.144. The van der Waals surface area contributed by atoms with E-state index in [4.69, 9.17) is 0 Å². The van der Waals surface area contributed by atoms with E-state index in [1.165, 1.54) is 0 Å². The van der Waals surface area contributed by atoms with E-state index in [0.717, 1.165) is 11.1 Å². The Balaban J connectivity index is 1.86. The van der Waals surface area contributed by atoms with Crippen LogP contribution in [0.15, 0.2) is 18.2 Å². The Labute approximate surface area is 120 Å². The van der Waals surface area contributed by atoms with Crippen molar-refractivity contribution in [2.24, 2.45) is 0 Å². The third-order valence-electron chi connectivity index (χ3n) is 3.57. The van der Waals surface area contributed by atoms with Crippen molar-refractivity contribution in [1.82, 2.24) is 20.1 Å². The second kappa shape index (κ2) is 5.01. The Morgan fingerprint density at radius 1 is 1.38 bits per heavy atom. The van der Waals surface area contributed by atoms with Crippen molar-refractivity contribution in [3.63, 3.8) is 0 Å². The van der Waals surface area contributed by atoms with Crippen molar-refractivity contribution in [2.45, 2.75) is 19.9 Å². The molecule has 0 unspecified atom stereocenters. The number of carboxylic acid groups (broad SMARTS) is 1. The number of hydrogen-bond acceptors (Lipinski definition) is 4. The molecule has 7 heteroatoms. The highest BCUT2D eigenvalue weighted by Gasteiger charge is 2.26. The fourth-order valence-corrected chi connectivity index (χ4v) is 2.56. The molecular weight excluding hydrogens is 272 g/mol. The second-order valence-corrected chi connectivity index (χ2v) is 4.97. The van der Waals surface area contributed by atoms with Gasteiger partial charge in [0.05, 0.1) is 5.56 Å². The van der Waals surface area contributed by atoms with Crippen LogP contribution in [0.2, 0.25) is 0 Å². The molecule has 2 aromatic rings. The topological polar surface area (TPSA) is 99.2 Å². The molecule has 1 aromatic carbocycles. The highest BCUT2D eigenvalue weighted by Crippen LogP contribution is 2.23. The molecular formula is C14H14N4O3. The minimum Gasteiger partial charge on any atom is -0.478 e. The number of carbonyl (C=O) groups is 2. The third-order valence-corrected chi connectivity index (χ3v) is 3.57. The number of carboxylic acids is 1. The van der Waals surface area contributed by atoms with Crippen LogP contribution in [0.25, 0.3) is 0 Å². The molecule has 108 valence electrons. The van der Waals surface area contributed by atoms with E-state index in [9.17, 15) is 14.7 Å². The lowest BCUT2D eigenvalue weighted by Crippen LogP contribution is -2.37. The van der Waals surface area contributed by atoms with Gasteiger partial charge in [0.2, 0.25) is 5.82 Å². The van der Waals surface area contributed by atoms with Gasteiger partial charge in [0, 0.05) is 13.1 Å². The van der Waals surface area contributed by atoms with Gasteiger partial charge in [0.1, 0.15) is 5.82 Å². The predicted molar refractivity (Wildman–Crippen MR) is 73.0 cm³/mol. The van der Waals surface area contributed by atoms with Gasteiger partial charge in [-0.2, -0.15) is 0 Å². The molecule has 3 rings (SSSR count). The fourth-order valence-electron chi connectivity index (χ4n) is 2.56. The first kappa shape index (κ1) is 13.3. The molecule has 1 aliphatic heterocycles. The maximum absolute atomic E-state index is 12.3. The lowest BCUT2D eigenvalue weighted by atomic mass is 9.94. The summed E-state index contributed by atoms with van der Waals surface area (Å²) in [6.45, 7) is 2.57. The van der Waals surface area contributed by atoms with Crippen LogP contribution < -0.4 is 0 Å². The zero-order valence-electron chi connectivity index (χ0n) is 11.5. The molecule has 1 aromatic heterocycles. The van der Waals surface area contributed by atoms with Crippen molar-refractivity contribution in [3.05, 3.63) is 46.5 Å². The molecule has 2 heterocycles. The Bertz CT molecular complexity index is 723. The van der Waals surface area contributed by atoms with Crippen molar-refractivity contribution in [3.8, 4) is 0 Å². The zero-order valence-corrected chi connectivity index (χ0v) is 11.5. The summed E-state index contributed by atoms with van der Waals surface area (Å²) in [5.41, 5.74) is 1.98. The lowest BCUT2D eigenvalue weighted by Gasteiger charge is -2.28. The molecule has 0 saturated carbocycles. The van der Waals surface area contributed by atoms with Crippen LogP contribution >= 0.6 is 0 Å². The van der Waals surface area contributed by atoms with Crippen LogP contribution in [0.1, 0.15) is 37.9 Å². The summed E-state index contributed by atoms with van der Waals surface area (Å²) in [7, 11) is 0. The van der Waals surface area contributed by atoms with Crippen LogP contribution in [0.3, 0.4) is 0 Å². The van der Waals surface area contributed by atoms with E-state index in [0.29, 0.717) is 30.9 Å². The number of hydrogen-bond donors (Lipinski definition) is 2. The van der Waals surface area contributed by atoms with Crippen LogP contribution in [0.5, 0.6) is 0 Å². The first-order valence-corrected chi connectivity index (χ1v) is 6.58. The number of fused-ring (bicyclic) bond motifs is 1. The normalized spacial score (nSPS) is 13.9. The van der Waals surface area contributed by atoms with Gasteiger partial charge >= 0.3 is 5.97 Å². The maximum atomic E-state index is 12.3. The average molecular weight is 286 g/mol. The number of aromatic amines is 1. The van der Waals surface area contributed by atoms with Crippen molar-refractivity contribution >= 4 is 11.9 Å². The number of amides is 1. The predicted octanol–water partition coefficient (Wildman–Crippen LogP) is 1.01. The number of aryl methyl sites for hydroxylation is 1. The number of rotatable bonds is 2. The van der Waals surface area contributed by atoms with Gasteiger partial charge in [-0.3, -0.25) is 9.89 Å². The molecule has 0 radical (unpaired) electrons. The standard InChI is InChI=1S/C14H14N4O3/c1-8-15-12(17-16-8)13(19)18-6-5-10-9(7-18)3-2-4-11(10)14(20)21/h2-4H,5-7H2,1H3,(H,20,21)(H,15,16,17). The lowest BCUT2D eigenvalue weighted by molar-refractivity contribution is 0.0693. The summed E-state index contributed by atoms with van der Waals surface area (Å²) >= 11 is 0. The summed E-state index contributed by atoms with van der Waals surface area (Å²) in [5, 5.41) is 15.7. The first-order valence-electron chi connectivity index (χ1n) is 6.58. The zero-order chi connectivity index (χ0) is 15.0. The maximum Gasteiger partial charge on any atom is 0.335 e. The van der Waals surface area contributed by atoms with Gasteiger partial charge in [-0.05, 0) is 30.5 Å². The molecule has 1 aliphatic rings. The molecule has 7 nitrogen and oxygen atoms in total. The van der Waals surface area contributed by atoms with Crippen LogP contribution in [0.4, 0.5) is 0 Å². The van der Waals surface area contributed by atoms with E-state index in [2.05, 4.69) is 15.2 Å². The molecule has 0 fully saturated rings. The van der Waals surface area contributed by atoms with E-state index < -0.39 is 5.97 Å². The number of benzene rings is 1. The number of nitrogens with one attached hydrogen (secondary N) is 1. The van der Waals surface area contributed by atoms with Gasteiger partial charge in [-0.15, -0.1) is 5.10 Å². The molecule has 21 heavy (non-hydrogen) atoms. The summed E-state index contributed by atoms with van der Waals surface area (Å²) in [5.74, 6) is -0.448. The van der Waals surface area contributed by atoms with Crippen LogP contribution in [0, 0.1) is 6.92 Å². The van der Waals surface area contributed by atoms with E-state index in [1.807, 2.05) is 6.07 Å². The fraction of sp³-hybridized carbons (Fsp3) is 0.286. The third kappa shape index (κ3) is 2.37. The molecule has 1 amide bonds. The summed E-state index contributed by atoms with van der Waals surface area (Å²) in [6, 6.07) is 5.15. The smallest absolute Gasteiger partial charge is 0.335 e. The van der Waals surface area contributed by atoms with E-state index in [1.54, 1.807) is 24.0 Å². The molecule has 0 spiro atoms. The molecule has 0 bridgehead atoms. The highest BCUT2D eigenvalue weighted by molar-refractivity contribution is 5.92. The molecule has 0 saturated heterocycles. The number of carbonyl (C=O) groups excluding carboxylic acids is 1. The van der Waals surface area contributed by atoms with Gasteiger partial charge in [-0.25, -0.2) is 9.78 Å². The average Bonchev–Trinajstić information content (AvgIpc) is 2.91. The van der Waals surface area contributed by atoms with Crippen LogP contribution in [-0.4, -0.2) is 43.6 Å². The monoisotopic (exact) mass is 286 g/mol. The molecule has 0 atom stereocenters. The van der Waals surface area contributed by atoms with E-state index in [-0.39, 0.29) is 11.7 Å². The van der Waals surface area contributed by atoms with Gasteiger partial charge in [0.25, 0.3) is 5.91 Å². The van der Waals surface area contributed by atoms with Gasteiger partial charge < -0.3 is 10.0 Å². The number of aromatic nitrogens is 3. The highest BCUT2D eigenvalue weighted by atomic mass is 16.4. The second-order valence-electron chi connectivity index (χ2n) is 4.97. The summed E-state index contributed by atoms with van der Waals surface area (Å²) in [6.07, 6.45) is 0.521. The Morgan fingerprint density at radius 3 is 2.86 bits per heavy atom. The largest absolute Gasteiger partial charge is 0.478 e. The SMILES string of the molecule is Cc1nc(C(=O)N2CCc3c(cccc3C(=O)O)C2)n[nH]1. The minimum atomic E-state index is -0.934. The quantitative estimate of drug-likeness (QED) is 0.858.